The summed E-state index contributed by atoms with van der Waals surface area (Å²) in [4.78, 5) is -0.232. The molecule has 8 heteroatoms. The fourth-order valence-electron chi connectivity index (χ4n) is 1.30. The summed E-state index contributed by atoms with van der Waals surface area (Å²) in [6, 6.07) is 3.96. The van der Waals surface area contributed by atoms with Crippen molar-refractivity contribution >= 4 is 20.0 Å². The lowest BCUT2D eigenvalue weighted by Gasteiger charge is -2.11. The molecule has 0 bridgehead atoms. The number of sulfonamides is 2. The van der Waals surface area contributed by atoms with E-state index in [1.807, 2.05) is 0 Å². The number of hydrogen-bond acceptors (Lipinski definition) is 4. The van der Waals surface area contributed by atoms with Crippen LogP contribution in [0.1, 0.15) is 13.3 Å². The minimum atomic E-state index is -3.85. The number of primary sulfonamides is 1. The van der Waals surface area contributed by atoms with Crippen molar-refractivity contribution in [2.24, 2.45) is 5.14 Å². The summed E-state index contributed by atoms with van der Waals surface area (Å²) in [5, 5.41) is 4.92. The Morgan fingerprint density at radius 2 is 1.68 bits per heavy atom. The van der Waals surface area contributed by atoms with E-state index in [0.29, 0.717) is 6.42 Å². The van der Waals surface area contributed by atoms with Crippen LogP contribution in [0.25, 0.3) is 0 Å². The summed E-state index contributed by atoms with van der Waals surface area (Å²) in [6.07, 6.45) is 5.63. The van der Waals surface area contributed by atoms with E-state index < -0.39 is 26.1 Å². The van der Waals surface area contributed by atoms with E-state index in [1.165, 1.54) is 0 Å². The fourth-order valence-corrected chi connectivity index (χ4v) is 3.05. The minimum absolute atomic E-state index is 0.0754. The Morgan fingerprint density at radius 3 is 2.05 bits per heavy atom. The zero-order valence-corrected chi connectivity index (χ0v) is 11.8. The predicted molar refractivity (Wildman–Crippen MR) is 71.0 cm³/mol. The molecule has 1 rings (SSSR count). The molecule has 6 nitrogen and oxygen atoms in total. The van der Waals surface area contributed by atoms with Crippen molar-refractivity contribution < 1.29 is 16.8 Å². The molecule has 0 heterocycles. The van der Waals surface area contributed by atoms with Gasteiger partial charge in [-0.15, -0.1) is 6.42 Å². The van der Waals surface area contributed by atoms with E-state index in [4.69, 9.17) is 11.6 Å². The van der Waals surface area contributed by atoms with E-state index in [9.17, 15) is 16.8 Å². The van der Waals surface area contributed by atoms with Gasteiger partial charge in [-0.1, -0.05) is 12.8 Å². The van der Waals surface area contributed by atoms with Crippen molar-refractivity contribution in [1.82, 2.24) is 4.72 Å². The molecule has 0 saturated heterocycles. The van der Waals surface area contributed by atoms with Crippen LogP contribution < -0.4 is 9.86 Å². The van der Waals surface area contributed by atoms with Crippen LogP contribution in [-0.2, 0) is 20.0 Å². The number of rotatable bonds is 5. The van der Waals surface area contributed by atoms with E-state index in [-0.39, 0.29) is 9.79 Å². The van der Waals surface area contributed by atoms with E-state index in [1.54, 1.807) is 6.92 Å². The SMILES string of the molecule is C#CC(CC)NS(=O)(=O)c1ccc(S(N)(=O)=O)cc1. The Morgan fingerprint density at radius 1 is 1.21 bits per heavy atom. The van der Waals surface area contributed by atoms with Crippen LogP contribution in [0.4, 0.5) is 0 Å². The van der Waals surface area contributed by atoms with Crippen molar-refractivity contribution in [1.29, 1.82) is 0 Å². The molecule has 0 aliphatic rings. The highest BCUT2D eigenvalue weighted by atomic mass is 32.2. The number of hydrogen-bond donors (Lipinski definition) is 2. The van der Waals surface area contributed by atoms with Crippen molar-refractivity contribution in [2.45, 2.75) is 29.2 Å². The molecule has 0 amide bonds. The molecule has 0 aromatic heterocycles. The van der Waals surface area contributed by atoms with Gasteiger partial charge in [0.1, 0.15) is 0 Å². The van der Waals surface area contributed by atoms with Crippen molar-refractivity contribution in [3.63, 3.8) is 0 Å². The monoisotopic (exact) mass is 302 g/mol. The lowest BCUT2D eigenvalue weighted by molar-refractivity contribution is 0.570. The predicted octanol–water partition coefficient (Wildman–Crippen LogP) is 0.0241. The van der Waals surface area contributed by atoms with Crippen LogP contribution >= 0.6 is 0 Å². The first-order chi connectivity index (χ1) is 8.70. The summed E-state index contributed by atoms with van der Waals surface area (Å²) in [5.41, 5.74) is 0. The third-order valence-electron chi connectivity index (χ3n) is 2.37. The van der Waals surface area contributed by atoms with Gasteiger partial charge in [-0.2, -0.15) is 4.72 Å². The second-order valence-corrected chi connectivity index (χ2v) is 7.04. The zero-order valence-electron chi connectivity index (χ0n) is 10.2. The highest BCUT2D eigenvalue weighted by Gasteiger charge is 2.18. The van der Waals surface area contributed by atoms with Gasteiger partial charge in [0, 0.05) is 0 Å². The number of terminal acetylenes is 1. The van der Waals surface area contributed by atoms with Gasteiger partial charge in [-0.05, 0) is 30.7 Å². The summed E-state index contributed by atoms with van der Waals surface area (Å²) in [6.45, 7) is 1.75. The highest BCUT2D eigenvalue weighted by Crippen LogP contribution is 2.13. The molecule has 19 heavy (non-hydrogen) atoms. The lowest BCUT2D eigenvalue weighted by atomic mass is 10.3. The van der Waals surface area contributed by atoms with Crippen LogP contribution in [-0.4, -0.2) is 22.9 Å². The van der Waals surface area contributed by atoms with Crippen LogP contribution in [0.15, 0.2) is 34.1 Å². The third kappa shape index (κ3) is 4.04. The Balaban J connectivity index is 3.08. The highest BCUT2D eigenvalue weighted by molar-refractivity contribution is 7.89. The minimum Gasteiger partial charge on any atom is -0.225 e. The average Bonchev–Trinajstić information content (AvgIpc) is 2.35. The molecular formula is C11H14N2O4S2. The lowest BCUT2D eigenvalue weighted by Crippen LogP contribution is -2.33. The number of nitrogens with one attached hydrogen (secondary N) is 1. The van der Waals surface area contributed by atoms with Crippen molar-refractivity contribution in [3.8, 4) is 12.3 Å². The normalized spacial score (nSPS) is 13.7. The van der Waals surface area contributed by atoms with Gasteiger partial charge in [0.05, 0.1) is 15.8 Å². The maximum absolute atomic E-state index is 11.9. The van der Waals surface area contributed by atoms with Gasteiger partial charge in [0.15, 0.2) is 0 Å². The number of nitrogens with two attached hydrogens (primary N) is 1. The summed E-state index contributed by atoms with van der Waals surface area (Å²) in [7, 11) is -7.62. The molecule has 0 saturated carbocycles. The molecule has 0 fully saturated rings. The van der Waals surface area contributed by atoms with Gasteiger partial charge < -0.3 is 0 Å². The molecule has 1 aromatic rings. The first-order valence-electron chi connectivity index (χ1n) is 5.32. The van der Waals surface area contributed by atoms with Crippen LogP contribution in [0.3, 0.4) is 0 Å². The molecule has 1 aromatic carbocycles. The zero-order chi connectivity index (χ0) is 14.7. The summed E-state index contributed by atoms with van der Waals surface area (Å²) < 4.78 is 48.3. The fraction of sp³-hybridized carbons (Fsp3) is 0.273. The van der Waals surface area contributed by atoms with Gasteiger partial charge in [0.2, 0.25) is 20.0 Å². The van der Waals surface area contributed by atoms with E-state index >= 15 is 0 Å². The molecule has 3 N–H and O–H groups in total. The quantitative estimate of drug-likeness (QED) is 0.748. The third-order valence-corrected chi connectivity index (χ3v) is 4.79. The molecule has 0 spiro atoms. The number of benzene rings is 1. The maximum atomic E-state index is 11.9. The molecule has 1 unspecified atom stereocenters. The smallest absolute Gasteiger partial charge is 0.225 e. The second-order valence-electron chi connectivity index (χ2n) is 3.77. The van der Waals surface area contributed by atoms with Crippen LogP contribution in [0, 0.1) is 12.3 Å². The molecular weight excluding hydrogens is 288 g/mol. The molecule has 104 valence electrons. The molecule has 1 atom stereocenters. The van der Waals surface area contributed by atoms with E-state index in [2.05, 4.69) is 10.6 Å². The first-order valence-corrected chi connectivity index (χ1v) is 8.35. The summed E-state index contributed by atoms with van der Waals surface area (Å²) in [5.74, 6) is 2.31. The molecule has 0 aliphatic heterocycles. The van der Waals surface area contributed by atoms with Crippen LogP contribution in [0.5, 0.6) is 0 Å². The average molecular weight is 302 g/mol. The maximum Gasteiger partial charge on any atom is 0.241 e. The largest absolute Gasteiger partial charge is 0.241 e. The van der Waals surface area contributed by atoms with Crippen molar-refractivity contribution in [2.75, 3.05) is 0 Å². The van der Waals surface area contributed by atoms with Gasteiger partial charge in [0.25, 0.3) is 0 Å². The first kappa shape index (κ1) is 15.7. The Hall–Kier alpha value is -1.40. The molecule has 0 aliphatic carbocycles. The van der Waals surface area contributed by atoms with Crippen molar-refractivity contribution in [3.05, 3.63) is 24.3 Å². The Labute approximate surface area is 113 Å². The Kier molecular flexibility index (Phi) is 4.70. The van der Waals surface area contributed by atoms with Gasteiger partial charge >= 0.3 is 0 Å². The topological polar surface area (TPSA) is 106 Å². The van der Waals surface area contributed by atoms with Gasteiger partial charge in [-0.3, -0.25) is 0 Å². The van der Waals surface area contributed by atoms with E-state index in [0.717, 1.165) is 24.3 Å². The molecule has 0 radical (unpaired) electrons. The summed E-state index contributed by atoms with van der Waals surface area (Å²) >= 11 is 0. The standard InChI is InChI=1S/C11H14N2O4S2/c1-3-9(4-2)13-19(16,17)11-7-5-10(6-8-11)18(12,14)15/h1,5-9,13H,4H2,2H3,(H2,12,14,15). The van der Waals surface area contributed by atoms with Crippen LogP contribution in [0.2, 0.25) is 0 Å². The Bertz CT molecular complexity index is 685. The van der Waals surface area contributed by atoms with Gasteiger partial charge in [-0.25, -0.2) is 22.0 Å². The second kappa shape index (κ2) is 5.71.